The molecule has 1 N–H and O–H groups in total. The maximum atomic E-state index is 14.1. The van der Waals surface area contributed by atoms with E-state index in [4.69, 9.17) is 9.47 Å². The summed E-state index contributed by atoms with van der Waals surface area (Å²) in [7, 11) is -0.630. The number of fused-ring (bicyclic) bond motifs is 1. The molecule has 0 spiro atoms. The summed E-state index contributed by atoms with van der Waals surface area (Å²) in [6.45, 7) is 14.5. The van der Waals surface area contributed by atoms with Crippen LogP contribution in [-0.2, 0) is 10.0 Å². The molecular weight excluding hydrogens is 446 g/mol. The van der Waals surface area contributed by atoms with E-state index in [1.165, 1.54) is 0 Å². The Morgan fingerprint density at radius 2 is 1.38 bits per heavy atom. The van der Waals surface area contributed by atoms with Gasteiger partial charge in [-0.1, -0.05) is 72.8 Å². The van der Waals surface area contributed by atoms with E-state index >= 15 is 0 Å². The van der Waals surface area contributed by atoms with Gasteiger partial charge in [0.25, 0.3) is 0 Å². The molecule has 34 heavy (non-hydrogen) atoms. The molecule has 0 saturated heterocycles. The third-order valence-electron chi connectivity index (χ3n) is 6.68. The fourth-order valence-corrected chi connectivity index (χ4v) is 6.65. The van der Waals surface area contributed by atoms with Gasteiger partial charge in [-0.05, 0) is 52.5 Å². The Labute approximate surface area is 205 Å². The normalized spacial score (nSPS) is 18.0. The van der Waals surface area contributed by atoms with Crippen molar-refractivity contribution in [2.24, 2.45) is 5.92 Å². The van der Waals surface area contributed by atoms with Gasteiger partial charge in [-0.2, -0.15) is 0 Å². The standard InChI is InChI=1S/C28H39NO4S/c1-16(2)20-14-22(17(3)4)28(23(15-20)18(5)6)34(30,31)29-27-19(7)10-11-21-24(32-8)12-13-25(33-9)26(21)27/h10-19,27,29H,1-9H3/t19-,27-/m0/s1. The van der Waals surface area contributed by atoms with Crippen molar-refractivity contribution in [3.05, 3.63) is 58.2 Å². The smallest absolute Gasteiger partial charge is 0.241 e. The Kier molecular flexibility index (Phi) is 7.83. The second-order valence-corrected chi connectivity index (χ2v) is 11.8. The molecule has 0 bridgehead atoms. The van der Waals surface area contributed by atoms with E-state index in [0.29, 0.717) is 22.3 Å². The molecule has 186 valence electrons. The number of sulfonamides is 1. The Morgan fingerprint density at radius 1 is 0.853 bits per heavy atom. The van der Waals surface area contributed by atoms with Gasteiger partial charge in [0.2, 0.25) is 10.0 Å². The van der Waals surface area contributed by atoms with Crippen LogP contribution >= 0.6 is 0 Å². The molecule has 6 heteroatoms. The zero-order chi connectivity index (χ0) is 25.4. The molecule has 2 aromatic rings. The van der Waals surface area contributed by atoms with Gasteiger partial charge in [-0.3, -0.25) is 0 Å². The lowest BCUT2D eigenvalue weighted by Crippen LogP contribution is -2.35. The van der Waals surface area contributed by atoms with E-state index in [-0.39, 0.29) is 17.8 Å². The second-order valence-electron chi connectivity index (χ2n) is 10.1. The number of hydrogen-bond donors (Lipinski definition) is 1. The summed E-state index contributed by atoms with van der Waals surface area (Å²) in [6, 6.07) is 7.33. The maximum absolute atomic E-state index is 14.1. The van der Waals surface area contributed by atoms with Gasteiger partial charge in [0, 0.05) is 11.1 Å². The highest BCUT2D eigenvalue weighted by Gasteiger charge is 2.35. The lowest BCUT2D eigenvalue weighted by molar-refractivity contribution is 0.383. The van der Waals surface area contributed by atoms with Gasteiger partial charge in [-0.25, -0.2) is 13.1 Å². The van der Waals surface area contributed by atoms with Crippen molar-refractivity contribution in [3.8, 4) is 11.5 Å². The summed E-state index contributed by atoms with van der Waals surface area (Å²) in [5, 5.41) is 0. The van der Waals surface area contributed by atoms with Gasteiger partial charge in [0.15, 0.2) is 0 Å². The van der Waals surface area contributed by atoms with Crippen molar-refractivity contribution in [3.63, 3.8) is 0 Å². The lowest BCUT2D eigenvalue weighted by atomic mass is 9.85. The van der Waals surface area contributed by atoms with E-state index in [1.807, 2.05) is 31.2 Å². The summed E-state index contributed by atoms with van der Waals surface area (Å²) in [6.07, 6.45) is 4.01. The summed E-state index contributed by atoms with van der Waals surface area (Å²) in [5.74, 6) is 1.70. The third kappa shape index (κ3) is 4.89. The molecule has 1 aliphatic carbocycles. The molecule has 0 radical (unpaired) electrons. The van der Waals surface area contributed by atoms with Crippen molar-refractivity contribution in [1.82, 2.24) is 4.72 Å². The van der Waals surface area contributed by atoms with Crippen molar-refractivity contribution in [1.29, 1.82) is 0 Å². The zero-order valence-electron chi connectivity index (χ0n) is 21.9. The van der Waals surface area contributed by atoms with Gasteiger partial charge in [-0.15, -0.1) is 0 Å². The van der Waals surface area contributed by atoms with Gasteiger partial charge < -0.3 is 9.47 Å². The van der Waals surface area contributed by atoms with Gasteiger partial charge >= 0.3 is 0 Å². The summed E-state index contributed by atoms with van der Waals surface area (Å²) in [5.41, 5.74) is 4.53. The predicted molar refractivity (Wildman–Crippen MR) is 140 cm³/mol. The molecule has 2 atom stereocenters. The summed E-state index contributed by atoms with van der Waals surface area (Å²) < 4.78 is 42.6. The first-order chi connectivity index (χ1) is 15.9. The van der Waals surface area contributed by atoms with E-state index in [2.05, 4.69) is 58.4 Å². The molecule has 0 aromatic heterocycles. The van der Waals surface area contributed by atoms with E-state index < -0.39 is 16.1 Å². The Hall–Kier alpha value is -2.31. The molecule has 0 amide bonds. The number of methoxy groups -OCH3 is 2. The predicted octanol–water partition coefficient (Wildman–Crippen LogP) is 6.76. The van der Waals surface area contributed by atoms with Crippen LogP contribution < -0.4 is 14.2 Å². The van der Waals surface area contributed by atoms with Gasteiger partial charge in [0.05, 0.1) is 25.2 Å². The van der Waals surface area contributed by atoms with Crippen molar-refractivity contribution >= 4 is 16.1 Å². The molecule has 0 unspecified atom stereocenters. The lowest BCUT2D eigenvalue weighted by Gasteiger charge is -2.31. The Balaban J connectivity index is 2.22. The number of benzene rings is 2. The van der Waals surface area contributed by atoms with Crippen LogP contribution in [0, 0.1) is 5.92 Å². The molecule has 5 nitrogen and oxygen atoms in total. The molecule has 2 aromatic carbocycles. The van der Waals surface area contributed by atoms with E-state index in [1.54, 1.807) is 14.2 Å². The highest BCUT2D eigenvalue weighted by Crippen LogP contribution is 2.44. The minimum Gasteiger partial charge on any atom is -0.496 e. The van der Waals surface area contributed by atoms with E-state index in [9.17, 15) is 8.42 Å². The number of rotatable bonds is 8. The van der Waals surface area contributed by atoms with Crippen molar-refractivity contribution in [2.75, 3.05) is 14.2 Å². The van der Waals surface area contributed by atoms with Crippen LogP contribution in [0.4, 0.5) is 0 Å². The van der Waals surface area contributed by atoms with Crippen molar-refractivity contribution in [2.45, 2.75) is 77.2 Å². The Bertz CT molecular complexity index is 1150. The quantitative estimate of drug-likeness (QED) is 0.449. The Morgan fingerprint density at radius 3 is 1.85 bits per heavy atom. The average Bonchev–Trinajstić information content (AvgIpc) is 2.78. The molecule has 0 aliphatic heterocycles. The molecule has 3 rings (SSSR count). The third-order valence-corrected chi connectivity index (χ3v) is 8.25. The van der Waals surface area contributed by atoms with Crippen LogP contribution in [-0.4, -0.2) is 22.6 Å². The number of nitrogens with one attached hydrogen (secondary N) is 1. The molecule has 0 fully saturated rings. The molecule has 0 saturated carbocycles. The maximum Gasteiger partial charge on any atom is 0.241 e. The largest absolute Gasteiger partial charge is 0.496 e. The second kappa shape index (κ2) is 10.1. The van der Waals surface area contributed by atoms with Crippen LogP contribution in [0.1, 0.15) is 100 Å². The topological polar surface area (TPSA) is 64.6 Å². The van der Waals surface area contributed by atoms with E-state index in [0.717, 1.165) is 27.8 Å². The average molecular weight is 486 g/mol. The van der Waals surface area contributed by atoms with Crippen LogP contribution in [0.2, 0.25) is 0 Å². The molecular formula is C28H39NO4S. The van der Waals surface area contributed by atoms with Crippen LogP contribution in [0.15, 0.2) is 35.2 Å². The molecule has 0 heterocycles. The summed E-state index contributed by atoms with van der Waals surface area (Å²) >= 11 is 0. The summed E-state index contributed by atoms with van der Waals surface area (Å²) in [4.78, 5) is 0.409. The van der Waals surface area contributed by atoms with Crippen LogP contribution in [0.3, 0.4) is 0 Å². The first-order valence-electron chi connectivity index (χ1n) is 12.1. The fraction of sp³-hybridized carbons (Fsp3) is 0.500. The number of ether oxygens (including phenoxy) is 2. The zero-order valence-corrected chi connectivity index (χ0v) is 22.7. The SMILES string of the molecule is COc1ccc(OC)c2c1C=C[C@H](C)[C@@H]2NS(=O)(=O)c1c(C(C)C)cc(C(C)C)cc1C(C)C. The minimum atomic E-state index is -3.85. The number of hydrogen-bond acceptors (Lipinski definition) is 4. The van der Waals surface area contributed by atoms with Gasteiger partial charge in [0.1, 0.15) is 11.5 Å². The highest BCUT2D eigenvalue weighted by atomic mass is 32.2. The van der Waals surface area contributed by atoms with Crippen molar-refractivity contribution < 1.29 is 17.9 Å². The minimum absolute atomic E-state index is 0.0633. The monoisotopic (exact) mass is 485 g/mol. The fourth-order valence-electron chi connectivity index (χ4n) is 4.66. The van der Waals surface area contributed by atoms with Crippen LogP contribution in [0.25, 0.3) is 6.08 Å². The highest BCUT2D eigenvalue weighted by molar-refractivity contribution is 7.89. The first kappa shape index (κ1) is 26.3. The van der Waals surface area contributed by atoms with Crippen LogP contribution in [0.5, 0.6) is 11.5 Å². The first-order valence-corrected chi connectivity index (χ1v) is 13.5. The molecule has 1 aliphatic rings.